The summed E-state index contributed by atoms with van der Waals surface area (Å²) in [5.41, 5.74) is 0.175. The molecule has 11 nitrogen and oxygen atoms in total. The molecule has 0 amide bonds. The Balaban J connectivity index is 1.53. The quantitative estimate of drug-likeness (QED) is 0.324. The van der Waals surface area contributed by atoms with E-state index in [2.05, 4.69) is 0 Å². The lowest BCUT2D eigenvalue weighted by Crippen LogP contribution is -2.60. The van der Waals surface area contributed by atoms with Crippen molar-refractivity contribution in [3.63, 3.8) is 0 Å². The van der Waals surface area contributed by atoms with Gasteiger partial charge in [0.05, 0.1) is 13.0 Å². The number of aromatic hydroxyl groups is 3. The number of ether oxygens (including phenoxy) is 3. The fourth-order valence-corrected chi connectivity index (χ4v) is 3.77. The minimum Gasteiger partial charge on any atom is -0.508 e. The van der Waals surface area contributed by atoms with Gasteiger partial charge in [-0.05, 0) is 12.1 Å². The fraction of sp³-hybridized carbons (Fsp3) is 0.381. The lowest BCUT2D eigenvalue weighted by molar-refractivity contribution is -0.277. The normalized spacial score (nSPS) is 29.8. The number of carbonyl (C=O) groups is 1. The summed E-state index contributed by atoms with van der Waals surface area (Å²) in [5.74, 6) is -1.43. The van der Waals surface area contributed by atoms with Crippen LogP contribution in [0.5, 0.6) is 28.7 Å². The van der Waals surface area contributed by atoms with E-state index in [4.69, 9.17) is 14.2 Å². The first-order valence-electron chi connectivity index (χ1n) is 9.75. The number of Topliss-reactive ketones (excluding diaryl/α,β-unsaturated/α-hetero) is 1. The van der Waals surface area contributed by atoms with Crippen LogP contribution in [0.15, 0.2) is 30.3 Å². The molecule has 4 rings (SSSR count). The van der Waals surface area contributed by atoms with E-state index in [-0.39, 0.29) is 40.5 Å². The summed E-state index contributed by atoms with van der Waals surface area (Å²) in [6, 6.07) is 6.22. The van der Waals surface area contributed by atoms with Crippen LogP contribution in [0.4, 0.5) is 0 Å². The van der Waals surface area contributed by atoms with Crippen molar-refractivity contribution in [3.05, 3.63) is 41.5 Å². The Morgan fingerprint density at radius 3 is 2.41 bits per heavy atom. The van der Waals surface area contributed by atoms with Crippen molar-refractivity contribution in [2.45, 2.75) is 43.2 Å². The molecule has 0 saturated carbocycles. The zero-order valence-electron chi connectivity index (χ0n) is 16.5. The molecule has 6 atom stereocenters. The van der Waals surface area contributed by atoms with Crippen LogP contribution in [-0.2, 0) is 4.74 Å². The van der Waals surface area contributed by atoms with Crippen molar-refractivity contribution in [1.29, 1.82) is 0 Å². The standard InChI is InChI=1S/C21H22O11/c22-7-16-18(27)19(28)20(29)21(32-16)30-9-1-2-10(11(24)5-9)14-6-13(26)17-12(25)3-8(23)4-15(17)31-14/h1-5,14,16,18-25,27-29H,6-7H2/t14-,16-,18-,19-,20-,21+/m1/s1. The second-order valence-corrected chi connectivity index (χ2v) is 7.61. The van der Waals surface area contributed by atoms with Gasteiger partial charge in [-0.2, -0.15) is 0 Å². The number of hydrogen-bond acceptors (Lipinski definition) is 11. The number of ketones is 1. The van der Waals surface area contributed by atoms with E-state index in [1.54, 1.807) is 0 Å². The molecular weight excluding hydrogens is 428 g/mol. The zero-order valence-corrected chi connectivity index (χ0v) is 16.5. The number of rotatable bonds is 4. The second kappa shape index (κ2) is 8.45. The smallest absolute Gasteiger partial charge is 0.229 e. The van der Waals surface area contributed by atoms with Gasteiger partial charge in [-0.3, -0.25) is 4.79 Å². The van der Waals surface area contributed by atoms with E-state index in [1.165, 1.54) is 24.3 Å². The van der Waals surface area contributed by atoms with Crippen molar-refractivity contribution in [2.24, 2.45) is 0 Å². The summed E-state index contributed by atoms with van der Waals surface area (Å²) in [6.45, 7) is -0.616. The van der Waals surface area contributed by atoms with Crippen LogP contribution >= 0.6 is 0 Å². The highest BCUT2D eigenvalue weighted by molar-refractivity contribution is 6.02. The van der Waals surface area contributed by atoms with Gasteiger partial charge in [-0.15, -0.1) is 0 Å². The molecule has 1 fully saturated rings. The number of benzene rings is 2. The average molecular weight is 450 g/mol. The maximum absolute atomic E-state index is 12.5. The van der Waals surface area contributed by atoms with Gasteiger partial charge in [-0.1, -0.05) is 0 Å². The molecule has 0 unspecified atom stereocenters. The maximum atomic E-state index is 12.5. The Hall–Kier alpha value is -3.09. The summed E-state index contributed by atoms with van der Waals surface area (Å²) < 4.78 is 16.4. The number of hydrogen-bond donors (Lipinski definition) is 7. The summed E-state index contributed by atoms with van der Waals surface area (Å²) in [6.07, 6.45) is -8.43. The molecule has 2 aliphatic rings. The molecule has 2 aromatic carbocycles. The molecule has 0 bridgehead atoms. The number of phenolic OH excluding ortho intramolecular Hbond substituents is 3. The van der Waals surface area contributed by atoms with E-state index < -0.39 is 54.9 Å². The molecule has 0 aromatic heterocycles. The largest absolute Gasteiger partial charge is 0.508 e. The molecule has 0 aliphatic carbocycles. The highest BCUT2D eigenvalue weighted by atomic mass is 16.7. The molecule has 0 radical (unpaired) electrons. The summed E-state index contributed by atoms with van der Waals surface area (Å²) in [4.78, 5) is 12.5. The maximum Gasteiger partial charge on any atom is 0.229 e. The first-order valence-corrected chi connectivity index (χ1v) is 9.75. The SMILES string of the molecule is O=C1C[C@H](c2ccc(O[C@H]3O[C@H](CO)[C@@H](O)[C@@H](O)[C@H]3O)cc2O)Oc2cc(O)cc(O)c21. The number of aliphatic hydroxyl groups is 4. The minimum absolute atomic E-state index is 0.0233. The molecule has 2 heterocycles. The molecule has 1 saturated heterocycles. The van der Waals surface area contributed by atoms with Crippen molar-refractivity contribution < 1.29 is 54.8 Å². The Kier molecular flexibility index (Phi) is 5.84. The summed E-state index contributed by atoms with van der Waals surface area (Å²) in [7, 11) is 0. The van der Waals surface area contributed by atoms with E-state index >= 15 is 0 Å². The van der Waals surface area contributed by atoms with Crippen LogP contribution < -0.4 is 9.47 Å². The fourth-order valence-electron chi connectivity index (χ4n) is 3.77. The van der Waals surface area contributed by atoms with Gasteiger partial charge in [0, 0.05) is 23.8 Å². The van der Waals surface area contributed by atoms with Crippen LogP contribution in [0.1, 0.15) is 28.4 Å². The Labute approximate surface area is 181 Å². The lowest BCUT2D eigenvalue weighted by atomic mass is 9.95. The molecule has 0 spiro atoms. The topological polar surface area (TPSA) is 186 Å². The monoisotopic (exact) mass is 450 g/mol. The van der Waals surface area contributed by atoms with E-state index in [0.717, 1.165) is 6.07 Å². The lowest BCUT2D eigenvalue weighted by Gasteiger charge is -2.39. The van der Waals surface area contributed by atoms with E-state index in [1.807, 2.05) is 0 Å². The molecule has 2 aromatic rings. The first-order chi connectivity index (χ1) is 15.2. The predicted octanol–water partition coefficient (Wildman–Crippen LogP) is -0.311. The molecule has 2 aliphatic heterocycles. The van der Waals surface area contributed by atoms with Crippen LogP contribution in [0, 0.1) is 0 Å². The van der Waals surface area contributed by atoms with E-state index in [9.17, 15) is 40.5 Å². The van der Waals surface area contributed by atoms with Crippen LogP contribution in [0.2, 0.25) is 0 Å². The Morgan fingerprint density at radius 2 is 1.72 bits per heavy atom. The van der Waals surface area contributed by atoms with Gasteiger partial charge in [0.1, 0.15) is 64.8 Å². The van der Waals surface area contributed by atoms with Gasteiger partial charge in [0.2, 0.25) is 6.29 Å². The van der Waals surface area contributed by atoms with Gasteiger partial charge in [-0.25, -0.2) is 0 Å². The van der Waals surface area contributed by atoms with Crippen molar-refractivity contribution >= 4 is 5.78 Å². The molecule has 32 heavy (non-hydrogen) atoms. The number of fused-ring (bicyclic) bond motifs is 1. The number of aliphatic hydroxyl groups excluding tert-OH is 4. The average Bonchev–Trinajstić information content (AvgIpc) is 2.73. The predicted molar refractivity (Wildman–Crippen MR) is 105 cm³/mol. The molecular formula is C21H22O11. The van der Waals surface area contributed by atoms with Crippen molar-refractivity contribution in [1.82, 2.24) is 0 Å². The molecule has 172 valence electrons. The van der Waals surface area contributed by atoms with E-state index in [0.29, 0.717) is 0 Å². The molecule has 7 N–H and O–H groups in total. The first kappa shape index (κ1) is 22.1. The highest BCUT2D eigenvalue weighted by Gasteiger charge is 2.44. The van der Waals surface area contributed by atoms with Crippen LogP contribution in [0.25, 0.3) is 0 Å². The Morgan fingerprint density at radius 1 is 0.969 bits per heavy atom. The summed E-state index contributed by atoms with van der Waals surface area (Å²) >= 11 is 0. The zero-order chi connectivity index (χ0) is 23.2. The van der Waals surface area contributed by atoms with Crippen LogP contribution in [0.3, 0.4) is 0 Å². The Bertz CT molecular complexity index is 1020. The van der Waals surface area contributed by atoms with Gasteiger partial charge < -0.3 is 50.0 Å². The second-order valence-electron chi connectivity index (χ2n) is 7.61. The van der Waals surface area contributed by atoms with Gasteiger partial charge in [0.25, 0.3) is 0 Å². The number of carbonyl (C=O) groups excluding carboxylic acids is 1. The number of phenols is 3. The van der Waals surface area contributed by atoms with Gasteiger partial charge in [0.15, 0.2) is 5.78 Å². The van der Waals surface area contributed by atoms with Crippen LogP contribution in [-0.4, -0.2) is 78.8 Å². The third kappa shape index (κ3) is 3.92. The third-order valence-corrected chi connectivity index (χ3v) is 5.43. The summed E-state index contributed by atoms with van der Waals surface area (Å²) in [5, 5.41) is 69.0. The minimum atomic E-state index is -1.62. The van der Waals surface area contributed by atoms with Gasteiger partial charge >= 0.3 is 0 Å². The molecule has 11 heteroatoms. The third-order valence-electron chi connectivity index (χ3n) is 5.43. The highest BCUT2D eigenvalue weighted by Crippen LogP contribution is 2.43. The van der Waals surface area contributed by atoms with Crippen molar-refractivity contribution in [3.8, 4) is 28.7 Å². The van der Waals surface area contributed by atoms with Crippen molar-refractivity contribution in [2.75, 3.05) is 6.61 Å².